The van der Waals surface area contributed by atoms with Crippen molar-refractivity contribution in [2.75, 3.05) is 0 Å². The van der Waals surface area contributed by atoms with Gasteiger partial charge in [0, 0.05) is 0 Å². The molecule has 0 fully saturated rings. The summed E-state index contributed by atoms with van der Waals surface area (Å²) in [5.74, 6) is 0. The van der Waals surface area contributed by atoms with Gasteiger partial charge in [-0.2, -0.15) is 0 Å². The standard InChI is InChI=1S/2Fe.2O/q+2;+3;2*-2. The molecular formula is Fe2O2+. The maximum atomic E-state index is 0. The molecule has 0 aromatic carbocycles. The molecule has 0 atom stereocenters. The molecule has 4 heavy (non-hydrogen) atoms. The Morgan fingerprint density at radius 2 is 0.750 bits per heavy atom. The zero-order chi connectivity index (χ0) is 0. The van der Waals surface area contributed by atoms with Gasteiger partial charge in [0.2, 0.25) is 0 Å². The van der Waals surface area contributed by atoms with E-state index in [1.165, 1.54) is 0 Å². The maximum absolute atomic E-state index is 0. The molecule has 0 heterocycles. The second kappa shape index (κ2) is 37.7. The van der Waals surface area contributed by atoms with Crippen molar-refractivity contribution in [3.8, 4) is 0 Å². The zero-order valence-electron chi connectivity index (χ0n) is 1.52. The van der Waals surface area contributed by atoms with Gasteiger partial charge in [0.05, 0.1) is 0 Å². The molecule has 0 bridgehead atoms. The third kappa shape index (κ3) is 12.3. The van der Waals surface area contributed by atoms with Crippen molar-refractivity contribution in [3.05, 3.63) is 0 Å². The van der Waals surface area contributed by atoms with E-state index >= 15 is 0 Å². The van der Waals surface area contributed by atoms with E-state index in [0.29, 0.717) is 0 Å². The minimum absolute atomic E-state index is 0. The van der Waals surface area contributed by atoms with Crippen molar-refractivity contribution in [2.24, 2.45) is 0 Å². The first-order valence-corrected chi connectivity index (χ1v) is 0. The van der Waals surface area contributed by atoms with Gasteiger partial charge >= 0.3 is 34.1 Å². The molecule has 0 aliphatic carbocycles. The maximum Gasteiger partial charge on any atom is 3.00 e. The Labute approximate surface area is 45.5 Å². The van der Waals surface area contributed by atoms with Crippen LogP contribution in [0.25, 0.3) is 0 Å². The number of hydrogen-bond acceptors (Lipinski definition) is 0. The van der Waals surface area contributed by atoms with Crippen LogP contribution >= 0.6 is 0 Å². The monoisotopic (exact) mass is 144 g/mol. The Bertz CT molecular complexity index is 4.00. The molecule has 0 aliphatic heterocycles. The first kappa shape index (κ1) is 84.5. The molecule has 0 aromatic rings. The van der Waals surface area contributed by atoms with E-state index in [1.807, 2.05) is 0 Å². The molecule has 0 saturated carbocycles. The molecule has 0 spiro atoms. The van der Waals surface area contributed by atoms with E-state index in [2.05, 4.69) is 0 Å². The molecule has 0 aliphatic rings. The third-order valence-corrected chi connectivity index (χ3v) is 0. The van der Waals surface area contributed by atoms with Crippen LogP contribution in [-0.2, 0) is 45.1 Å². The quantitative estimate of drug-likeness (QED) is 0.421. The topological polar surface area (TPSA) is 57.0 Å². The minimum atomic E-state index is 0. The summed E-state index contributed by atoms with van der Waals surface area (Å²) in [6, 6.07) is 0. The fourth-order valence-corrected chi connectivity index (χ4v) is 0. The molecule has 0 unspecified atom stereocenters. The van der Waals surface area contributed by atoms with Gasteiger partial charge in [-0.1, -0.05) is 0 Å². The minimum Gasteiger partial charge on any atom is -2.00 e. The van der Waals surface area contributed by atoms with Crippen molar-refractivity contribution in [2.45, 2.75) is 0 Å². The predicted octanol–water partition coefficient (Wildman–Crippen LogP) is -0.243. The average molecular weight is 144 g/mol. The van der Waals surface area contributed by atoms with Crippen LogP contribution in [0.15, 0.2) is 0 Å². The van der Waals surface area contributed by atoms with Crippen LogP contribution in [0.3, 0.4) is 0 Å². The van der Waals surface area contributed by atoms with E-state index in [0.717, 1.165) is 0 Å². The second-order valence-electron chi connectivity index (χ2n) is 0. The van der Waals surface area contributed by atoms with Crippen molar-refractivity contribution >= 4 is 0 Å². The van der Waals surface area contributed by atoms with E-state index in [9.17, 15) is 0 Å². The Morgan fingerprint density at radius 1 is 0.750 bits per heavy atom. The van der Waals surface area contributed by atoms with Crippen LogP contribution < -0.4 is 0 Å². The first-order valence-electron chi connectivity index (χ1n) is 0. The van der Waals surface area contributed by atoms with E-state index in [-0.39, 0.29) is 45.1 Å². The fourth-order valence-electron chi connectivity index (χ4n) is 0. The molecule has 27 valence electrons. The number of rotatable bonds is 0. The van der Waals surface area contributed by atoms with Crippen LogP contribution in [0.1, 0.15) is 0 Å². The van der Waals surface area contributed by atoms with Gasteiger partial charge in [-0.05, 0) is 0 Å². The Kier molecular flexibility index (Phi) is 796. The fraction of sp³-hybridized carbons (Fsp3) is 0. The number of hydrogen-bond donors (Lipinski definition) is 0. The summed E-state index contributed by atoms with van der Waals surface area (Å²) in [6.45, 7) is 0. The van der Waals surface area contributed by atoms with Gasteiger partial charge in [-0.3, -0.25) is 0 Å². The van der Waals surface area contributed by atoms with E-state index in [1.54, 1.807) is 0 Å². The predicted molar refractivity (Wildman–Crippen MR) is 1.37 cm³/mol. The summed E-state index contributed by atoms with van der Waals surface area (Å²) in [5.41, 5.74) is 0. The smallest absolute Gasteiger partial charge is 2.00 e. The molecule has 0 amide bonds. The van der Waals surface area contributed by atoms with Crippen molar-refractivity contribution in [1.82, 2.24) is 0 Å². The Morgan fingerprint density at radius 3 is 0.750 bits per heavy atom. The second-order valence-corrected chi connectivity index (χ2v) is 0. The van der Waals surface area contributed by atoms with Gasteiger partial charge in [-0.25, -0.2) is 0 Å². The van der Waals surface area contributed by atoms with Crippen LogP contribution in [0.4, 0.5) is 0 Å². The molecule has 0 saturated heterocycles. The van der Waals surface area contributed by atoms with E-state index < -0.39 is 0 Å². The third-order valence-electron chi connectivity index (χ3n) is 0. The normalized spacial score (nSPS) is 0. The molecular weight excluding hydrogens is 144 g/mol. The summed E-state index contributed by atoms with van der Waals surface area (Å²) in [6.07, 6.45) is 0. The van der Waals surface area contributed by atoms with Gasteiger partial charge in [0.1, 0.15) is 0 Å². The molecule has 4 heteroatoms. The molecule has 1 radical (unpaired) electrons. The first-order chi connectivity index (χ1) is 0. The van der Waals surface area contributed by atoms with Gasteiger partial charge in [0.25, 0.3) is 0 Å². The van der Waals surface area contributed by atoms with Crippen LogP contribution in [0.5, 0.6) is 0 Å². The molecule has 0 N–H and O–H groups in total. The average Bonchev–Trinajstić information content (AvgIpc) is 0. The largest absolute Gasteiger partial charge is 3.00 e. The van der Waals surface area contributed by atoms with Crippen molar-refractivity contribution in [1.29, 1.82) is 0 Å². The van der Waals surface area contributed by atoms with Gasteiger partial charge in [0.15, 0.2) is 0 Å². The van der Waals surface area contributed by atoms with Crippen molar-refractivity contribution < 1.29 is 45.1 Å². The summed E-state index contributed by atoms with van der Waals surface area (Å²) >= 11 is 0. The summed E-state index contributed by atoms with van der Waals surface area (Å²) in [7, 11) is 0. The SMILES string of the molecule is [Fe+2].[Fe+3].[O-2].[O-2]. The Hall–Kier alpha value is 0.959. The molecule has 0 aromatic heterocycles. The zero-order valence-corrected chi connectivity index (χ0v) is 3.73. The summed E-state index contributed by atoms with van der Waals surface area (Å²) in [5, 5.41) is 0. The van der Waals surface area contributed by atoms with E-state index in [4.69, 9.17) is 0 Å². The van der Waals surface area contributed by atoms with Crippen LogP contribution in [0, 0.1) is 0 Å². The Balaban J connectivity index is 0. The van der Waals surface area contributed by atoms with Gasteiger partial charge < -0.3 is 11.0 Å². The summed E-state index contributed by atoms with van der Waals surface area (Å²) in [4.78, 5) is 0. The van der Waals surface area contributed by atoms with Gasteiger partial charge in [-0.15, -0.1) is 0 Å². The molecule has 0 rings (SSSR count). The van der Waals surface area contributed by atoms with Crippen LogP contribution in [-0.4, -0.2) is 0 Å². The molecule has 2 nitrogen and oxygen atoms in total. The van der Waals surface area contributed by atoms with Crippen LogP contribution in [0.2, 0.25) is 0 Å². The van der Waals surface area contributed by atoms with Crippen molar-refractivity contribution in [3.63, 3.8) is 0 Å². The summed E-state index contributed by atoms with van der Waals surface area (Å²) < 4.78 is 0.